The fourth-order valence-electron chi connectivity index (χ4n) is 2.12. The predicted octanol–water partition coefficient (Wildman–Crippen LogP) is 2.23. The third-order valence-electron chi connectivity index (χ3n) is 3.39. The summed E-state index contributed by atoms with van der Waals surface area (Å²) in [5.41, 5.74) is 5.57. The van der Waals surface area contributed by atoms with Gasteiger partial charge in [0.15, 0.2) is 0 Å². The van der Waals surface area contributed by atoms with Crippen molar-refractivity contribution in [2.24, 2.45) is 11.7 Å². The maximum absolute atomic E-state index is 12.2. The highest BCUT2D eigenvalue weighted by atomic mass is 35.5. The lowest BCUT2D eigenvalue weighted by Gasteiger charge is -2.16. The average Bonchev–Trinajstić information content (AvgIpc) is 3.19. The van der Waals surface area contributed by atoms with Crippen molar-refractivity contribution < 1.29 is 21.6 Å². The van der Waals surface area contributed by atoms with Gasteiger partial charge in [-0.3, -0.25) is 0 Å². The SMILES string of the molecule is Cl.NCC(NS(=O)(=O)c1ccc(CC(F)(F)F)cc1)C1CC1. The molecular formula is C13H18ClF3N2O2S. The van der Waals surface area contributed by atoms with E-state index in [-0.39, 0.29) is 41.4 Å². The van der Waals surface area contributed by atoms with E-state index in [0.717, 1.165) is 12.8 Å². The van der Waals surface area contributed by atoms with Crippen molar-refractivity contribution in [3.05, 3.63) is 29.8 Å². The molecule has 2 rings (SSSR count). The molecule has 1 aromatic rings. The average molecular weight is 359 g/mol. The smallest absolute Gasteiger partial charge is 0.329 e. The molecule has 0 aromatic heterocycles. The summed E-state index contributed by atoms with van der Waals surface area (Å²) in [5, 5.41) is 0. The first-order valence-electron chi connectivity index (χ1n) is 6.59. The van der Waals surface area contributed by atoms with E-state index in [2.05, 4.69) is 4.72 Å². The minimum Gasteiger partial charge on any atom is -0.329 e. The molecule has 3 N–H and O–H groups in total. The number of alkyl halides is 3. The zero-order chi connectivity index (χ0) is 15.7. The monoisotopic (exact) mass is 358 g/mol. The molecule has 1 aliphatic carbocycles. The second-order valence-electron chi connectivity index (χ2n) is 5.24. The molecule has 1 unspecified atom stereocenters. The number of rotatable bonds is 6. The highest BCUT2D eigenvalue weighted by Gasteiger charge is 2.33. The molecule has 0 radical (unpaired) electrons. The van der Waals surface area contributed by atoms with Crippen molar-refractivity contribution in [2.45, 2.75) is 36.4 Å². The first-order valence-corrected chi connectivity index (χ1v) is 8.08. The van der Waals surface area contributed by atoms with E-state index in [1.54, 1.807) is 0 Å². The fraction of sp³-hybridized carbons (Fsp3) is 0.538. The van der Waals surface area contributed by atoms with Gasteiger partial charge in [0.1, 0.15) is 0 Å². The van der Waals surface area contributed by atoms with Gasteiger partial charge in [0.2, 0.25) is 10.0 Å². The van der Waals surface area contributed by atoms with Crippen molar-refractivity contribution in [1.82, 2.24) is 4.72 Å². The summed E-state index contributed by atoms with van der Waals surface area (Å²) in [6, 6.07) is 4.41. The van der Waals surface area contributed by atoms with Gasteiger partial charge >= 0.3 is 6.18 Å². The van der Waals surface area contributed by atoms with Gasteiger partial charge in [0, 0.05) is 12.6 Å². The Labute approximate surface area is 133 Å². The number of hydrogen-bond donors (Lipinski definition) is 2. The summed E-state index contributed by atoms with van der Waals surface area (Å²) in [7, 11) is -3.75. The third-order valence-corrected chi connectivity index (χ3v) is 4.90. The molecule has 9 heteroatoms. The van der Waals surface area contributed by atoms with Gasteiger partial charge in [-0.05, 0) is 36.5 Å². The highest BCUT2D eigenvalue weighted by Crippen LogP contribution is 2.33. The van der Waals surface area contributed by atoms with Crippen LogP contribution in [0.5, 0.6) is 0 Å². The minimum absolute atomic E-state index is 0. The van der Waals surface area contributed by atoms with Crippen LogP contribution in [0.15, 0.2) is 29.2 Å². The number of halogens is 4. The van der Waals surface area contributed by atoms with Crippen LogP contribution in [0, 0.1) is 5.92 Å². The van der Waals surface area contributed by atoms with Crippen molar-refractivity contribution in [1.29, 1.82) is 0 Å². The Balaban J connectivity index is 0.00000242. The first kappa shape index (κ1) is 19.2. The van der Waals surface area contributed by atoms with Gasteiger partial charge in [0.05, 0.1) is 11.3 Å². The third kappa shape index (κ3) is 5.42. The van der Waals surface area contributed by atoms with E-state index in [0.29, 0.717) is 0 Å². The van der Waals surface area contributed by atoms with Gasteiger partial charge in [-0.25, -0.2) is 13.1 Å². The van der Waals surface area contributed by atoms with Gasteiger partial charge in [0.25, 0.3) is 0 Å². The molecule has 0 bridgehead atoms. The Bertz CT molecular complexity index is 586. The van der Waals surface area contributed by atoms with Crippen LogP contribution in [0.1, 0.15) is 18.4 Å². The van der Waals surface area contributed by atoms with Crippen molar-refractivity contribution >= 4 is 22.4 Å². The predicted molar refractivity (Wildman–Crippen MR) is 79.3 cm³/mol. The van der Waals surface area contributed by atoms with Crippen LogP contribution in [0.2, 0.25) is 0 Å². The molecule has 0 aliphatic heterocycles. The van der Waals surface area contributed by atoms with Crippen LogP contribution in [0.3, 0.4) is 0 Å². The summed E-state index contributed by atoms with van der Waals surface area (Å²) in [6.07, 6.45) is -3.51. The first-order chi connectivity index (χ1) is 9.71. The molecule has 4 nitrogen and oxygen atoms in total. The number of sulfonamides is 1. The van der Waals surface area contributed by atoms with E-state index in [4.69, 9.17) is 5.73 Å². The standard InChI is InChI=1S/C13H17F3N2O2S.ClH/c14-13(15,16)7-9-1-5-11(6-2-9)21(19,20)18-12(8-17)10-3-4-10;/h1-2,5-6,10,12,18H,3-4,7-8,17H2;1H. The Morgan fingerprint density at radius 3 is 2.18 bits per heavy atom. The zero-order valence-corrected chi connectivity index (χ0v) is 13.3. The van der Waals surface area contributed by atoms with Gasteiger partial charge < -0.3 is 5.73 Å². The van der Waals surface area contributed by atoms with Crippen molar-refractivity contribution in [3.63, 3.8) is 0 Å². The maximum Gasteiger partial charge on any atom is 0.393 e. The second kappa shape index (κ2) is 7.16. The molecular weight excluding hydrogens is 341 g/mol. The number of nitrogens with one attached hydrogen (secondary N) is 1. The second-order valence-corrected chi connectivity index (χ2v) is 6.95. The molecule has 1 aromatic carbocycles. The minimum atomic E-state index is -4.31. The topological polar surface area (TPSA) is 72.2 Å². The Kier molecular flexibility index (Phi) is 6.26. The molecule has 22 heavy (non-hydrogen) atoms. The van der Waals surface area contributed by atoms with Gasteiger partial charge in [-0.1, -0.05) is 12.1 Å². The molecule has 0 heterocycles. The van der Waals surface area contributed by atoms with Crippen LogP contribution in [0.4, 0.5) is 13.2 Å². The quantitative estimate of drug-likeness (QED) is 0.819. The number of hydrogen-bond acceptors (Lipinski definition) is 3. The van der Waals surface area contributed by atoms with E-state index < -0.39 is 22.6 Å². The Morgan fingerprint density at radius 2 is 1.77 bits per heavy atom. The van der Waals surface area contributed by atoms with Crippen LogP contribution >= 0.6 is 12.4 Å². The van der Waals surface area contributed by atoms with Gasteiger partial charge in [-0.2, -0.15) is 13.2 Å². The van der Waals surface area contributed by atoms with Crippen molar-refractivity contribution in [2.75, 3.05) is 6.54 Å². The van der Waals surface area contributed by atoms with Gasteiger partial charge in [-0.15, -0.1) is 12.4 Å². The summed E-state index contributed by atoms with van der Waals surface area (Å²) in [4.78, 5) is -0.0486. The normalized spacial score (nSPS) is 16.9. The fourth-order valence-corrected chi connectivity index (χ4v) is 3.44. The summed E-state index contributed by atoms with van der Waals surface area (Å²) < 4.78 is 63.5. The highest BCUT2D eigenvalue weighted by molar-refractivity contribution is 7.89. The summed E-state index contributed by atoms with van der Waals surface area (Å²) in [6.45, 7) is 0.204. The Morgan fingerprint density at radius 1 is 1.23 bits per heavy atom. The number of benzene rings is 1. The van der Waals surface area contributed by atoms with Crippen LogP contribution < -0.4 is 10.5 Å². The molecule has 1 fully saturated rings. The largest absolute Gasteiger partial charge is 0.393 e. The number of nitrogens with two attached hydrogens (primary N) is 1. The van der Waals surface area contributed by atoms with Crippen LogP contribution in [0.25, 0.3) is 0 Å². The summed E-state index contributed by atoms with van der Waals surface area (Å²) in [5.74, 6) is 0.259. The maximum atomic E-state index is 12.2. The molecule has 0 saturated heterocycles. The zero-order valence-electron chi connectivity index (χ0n) is 11.6. The lowest BCUT2D eigenvalue weighted by molar-refractivity contribution is -0.127. The lowest BCUT2D eigenvalue weighted by atomic mass is 10.1. The summed E-state index contributed by atoms with van der Waals surface area (Å²) >= 11 is 0. The molecule has 1 saturated carbocycles. The van der Waals surface area contributed by atoms with E-state index in [9.17, 15) is 21.6 Å². The Hall–Kier alpha value is -0.830. The lowest BCUT2D eigenvalue weighted by Crippen LogP contribution is -2.41. The van der Waals surface area contributed by atoms with Crippen molar-refractivity contribution in [3.8, 4) is 0 Å². The molecule has 1 atom stereocenters. The molecule has 1 aliphatic rings. The molecule has 126 valence electrons. The molecule has 0 spiro atoms. The van der Waals surface area contributed by atoms with Crippen LogP contribution in [-0.4, -0.2) is 27.2 Å². The molecule has 0 amide bonds. The van der Waals surface area contributed by atoms with Crippen LogP contribution in [-0.2, 0) is 16.4 Å². The van der Waals surface area contributed by atoms with E-state index >= 15 is 0 Å². The van der Waals surface area contributed by atoms with E-state index in [1.165, 1.54) is 24.3 Å². The van der Waals surface area contributed by atoms with E-state index in [1.807, 2.05) is 0 Å².